The molecule has 0 aromatic heterocycles. The van der Waals surface area contributed by atoms with Gasteiger partial charge in [-0.15, -0.1) is 0 Å². The Kier molecular flexibility index (Phi) is 4.27. The molecule has 0 unspecified atom stereocenters. The largest absolute Gasteiger partial charge is 0.381 e. The Hall–Kier alpha value is -1.47. The molecule has 0 aliphatic rings. The van der Waals surface area contributed by atoms with Crippen LogP contribution in [0.4, 0.5) is 5.69 Å². The molecule has 0 amide bonds. The lowest BCUT2D eigenvalue weighted by atomic mass is 10.0. The quantitative estimate of drug-likeness (QED) is 0.808. The maximum atomic E-state index is 5.98. The van der Waals surface area contributed by atoms with Crippen molar-refractivity contribution in [3.05, 3.63) is 64.7 Å². The van der Waals surface area contributed by atoms with Crippen LogP contribution in [-0.2, 0) is 6.54 Å². The number of nitrogens with one attached hydrogen (secondary N) is 1. The Morgan fingerprint density at radius 2 is 1.83 bits per heavy atom. The van der Waals surface area contributed by atoms with Crippen molar-refractivity contribution in [1.82, 2.24) is 0 Å². The molecule has 0 bridgehead atoms. The zero-order valence-corrected chi connectivity index (χ0v) is 11.5. The number of para-hydroxylation sites is 1. The van der Waals surface area contributed by atoms with Crippen molar-refractivity contribution < 1.29 is 0 Å². The molecule has 0 saturated heterocycles. The van der Waals surface area contributed by atoms with Gasteiger partial charge >= 0.3 is 0 Å². The Labute approximate surface area is 114 Å². The fourth-order valence-electron chi connectivity index (χ4n) is 2.01. The summed E-state index contributed by atoms with van der Waals surface area (Å²) in [5, 5.41) is 4.26. The van der Waals surface area contributed by atoms with Crippen molar-refractivity contribution in [1.29, 1.82) is 0 Å². The standard InChI is InChI=1S/C16H18ClN/c1-12(2)15-8-3-4-9-16(15)18-11-13-6-5-7-14(17)10-13/h3-10,12,18H,11H2,1-2H3. The second kappa shape index (κ2) is 5.92. The molecule has 0 heterocycles. The van der Waals surface area contributed by atoms with E-state index in [1.54, 1.807) is 0 Å². The molecule has 0 atom stereocenters. The Morgan fingerprint density at radius 1 is 1.06 bits per heavy atom. The number of rotatable bonds is 4. The predicted molar refractivity (Wildman–Crippen MR) is 79.3 cm³/mol. The molecule has 0 aliphatic heterocycles. The molecule has 0 fully saturated rings. The summed E-state index contributed by atoms with van der Waals surface area (Å²) in [4.78, 5) is 0. The van der Waals surface area contributed by atoms with E-state index in [1.165, 1.54) is 16.8 Å². The van der Waals surface area contributed by atoms with Crippen molar-refractivity contribution in [2.45, 2.75) is 26.3 Å². The van der Waals surface area contributed by atoms with Gasteiger partial charge < -0.3 is 5.32 Å². The molecule has 1 N–H and O–H groups in total. The van der Waals surface area contributed by atoms with Crippen LogP contribution >= 0.6 is 11.6 Å². The van der Waals surface area contributed by atoms with Gasteiger partial charge in [-0.25, -0.2) is 0 Å². The summed E-state index contributed by atoms with van der Waals surface area (Å²) in [6, 6.07) is 16.4. The van der Waals surface area contributed by atoms with Gasteiger partial charge in [0.05, 0.1) is 0 Å². The minimum absolute atomic E-state index is 0.521. The molecule has 2 heteroatoms. The van der Waals surface area contributed by atoms with Crippen molar-refractivity contribution in [3.63, 3.8) is 0 Å². The summed E-state index contributed by atoms with van der Waals surface area (Å²) in [6.07, 6.45) is 0. The average Bonchev–Trinajstić information content (AvgIpc) is 2.37. The zero-order valence-electron chi connectivity index (χ0n) is 10.8. The third kappa shape index (κ3) is 3.27. The molecule has 0 spiro atoms. The van der Waals surface area contributed by atoms with E-state index >= 15 is 0 Å². The van der Waals surface area contributed by atoms with Crippen LogP contribution in [-0.4, -0.2) is 0 Å². The van der Waals surface area contributed by atoms with E-state index in [-0.39, 0.29) is 0 Å². The Morgan fingerprint density at radius 3 is 2.56 bits per heavy atom. The van der Waals surface area contributed by atoms with Gasteiger partial charge in [-0.2, -0.15) is 0 Å². The summed E-state index contributed by atoms with van der Waals surface area (Å²) in [5.41, 5.74) is 3.74. The number of anilines is 1. The van der Waals surface area contributed by atoms with Crippen LogP contribution in [0.5, 0.6) is 0 Å². The molecular weight excluding hydrogens is 242 g/mol. The molecule has 0 radical (unpaired) electrons. The van der Waals surface area contributed by atoms with Crippen LogP contribution in [0.3, 0.4) is 0 Å². The minimum Gasteiger partial charge on any atom is -0.381 e. The SMILES string of the molecule is CC(C)c1ccccc1NCc1cccc(Cl)c1. The first kappa shape index (κ1) is 13.0. The molecule has 2 aromatic rings. The van der Waals surface area contributed by atoms with Crippen LogP contribution in [0.15, 0.2) is 48.5 Å². The van der Waals surface area contributed by atoms with E-state index in [1.807, 2.05) is 18.2 Å². The van der Waals surface area contributed by atoms with Crippen LogP contribution in [0, 0.1) is 0 Å². The number of benzene rings is 2. The van der Waals surface area contributed by atoms with Gasteiger partial charge in [0.15, 0.2) is 0 Å². The van der Waals surface area contributed by atoms with Crippen molar-refractivity contribution in [2.24, 2.45) is 0 Å². The van der Waals surface area contributed by atoms with Gasteiger partial charge in [-0.1, -0.05) is 55.8 Å². The molecule has 94 valence electrons. The fourth-order valence-corrected chi connectivity index (χ4v) is 2.22. The lowest BCUT2D eigenvalue weighted by molar-refractivity contribution is 0.865. The summed E-state index contributed by atoms with van der Waals surface area (Å²) in [5.74, 6) is 0.521. The fraction of sp³-hybridized carbons (Fsp3) is 0.250. The van der Waals surface area contributed by atoms with Crippen LogP contribution in [0.2, 0.25) is 5.02 Å². The van der Waals surface area contributed by atoms with E-state index in [0.29, 0.717) is 5.92 Å². The van der Waals surface area contributed by atoms with Gasteiger partial charge in [0.2, 0.25) is 0 Å². The van der Waals surface area contributed by atoms with Gasteiger partial charge in [-0.3, -0.25) is 0 Å². The molecule has 2 aromatic carbocycles. The van der Waals surface area contributed by atoms with E-state index in [2.05, 4.69) is 49.5 Å². The molecule has 2 rings (SSSR count). The smallest absolute Gasteiger partial charge is 0.0409 e. The first-order valence-corrected chi connectivity index (χ1v) is 6.62. The maximum absolute atomic E-state index is 5.98. The highest BCUT2D eigenvalue weighted by Gasteiger charge is 2.05. The van der Waals surface area contributed by atoms with Crippen molar-refractivity contribution in [2.75, 3.05) is 5.32 Å². The molecule has 18 heavy (non-hydrogen) atoms. The van der Waals surface area contributed by atoms with Gasteiger partial charge in [0.1, 0.15) is 0 Å². The van der Waals surface area contributed by atoms with Gasteiger partial charge in [-0.05, 0) is 35.2 Å². The summed E-state index contributed by atoms with van der Waals surface area (Å²) >= 11 is 5.98. The Balaban J connectivity index is 2.11. The van der Waals surface area contributed by atoms with Gasteiger partial charge in [0, 0.05) is 17.3 Å². The lowest BCUT2D eigenvalue weighted by Gasteiger charge is -2.14. The van der Waals surface area contributed by atoms with Crippen LogP contribution in [0.1, 0.15) is 30.9 Å². The minimum atomic E-state index is 0.521. The van der Waals surface area contributed by atoms with E-state index in [9.17, 15) is 0 Å². The zero-order chi connectivity index (χ0) is 13.0. The number of hydrogen-bond acceptors (Lipinski definition) is 1. The Bertz CT molecular complexity index is 520. The third-order valence-electron chi connectivity index (χ3n) is 2.95. The second-order valence-corrected chi connectivity index (χ2v) is 5.16. The lowest BCUT2D eigenvalue weighted by Crippen LogP contribution is -2.03. The molecule has 0 aliphatic carbocycles. The third-order valence-corrected chi connectivity index (χ3v) is 3.19. The van der Waals surface area contributed by atoms with E-state index in [4.69, 9.17) is 11.6 Å². The van der Waals surface area contributed by atoms with Crippen molar-refractivity contribution in [3.8, 4) is 0 Å². The first-order chi connectivity index (χ1) is 8.66. The van der Waals surface area contributed by atoms with E-state index in [0.717, 1.165) is 11.6 Å². The monoisotopic (exact) mass is 259 g/mol. The van der Waals surface area contributed by atoms with Crippen LogP contribution < -0.4 is 5.32 Å². The summed E-state index contributed by atoms with van der Waals surface area (Å²) in [7, 11) is 0. The second-order valence-electron chi connectivity index (χ2n) is 4.73. The highest BCUT2D eigenvalue weighted by Crippen LogP contribution is 2.24. The normalized spacial score (nSPS) is 10.7. The molecule has 1 nitrogen and oxygen atoms in total. The molecular formula is C16H18ClN. The summed E-state index contributed by atoms with van der Waals surface area (Å²) in [6.45, 7) is 5.21. The summed E-state index contributed by atoms with van der Waals surface area (Å²) < 4.78 is 0. The van der Waals surface area contributed by atoms with Gasteiger partial charge in [0.25, 0.3) is 0 Å². The van der Waals surface area contributed by atoms with Crippen LogP contribution in [0.25, 0.3) is 0 Å². The molecule has 0 saturated carbocycles. The highest BCUT2D eigenvalue weighted by atomic mass is 35.5. The topological polar surface area (TPSA) is 12.0 Å². The maximum Gasteiger partial charge on any atom is 0.0409 e. The van der Waals surface area contributed by atoms with E-state index < -0.39 is 0 Å². The highest BCUT2D eigenvalue weighted by molar-refractivity contribution is 6.30. The number of halogens is 1. The predicted octanol–water partition coefficient (Wildman–Crippen LogP) is 5.08. The average molecular weight is 260 g/mol. The van der Waals surface area contributed by atoms with Crippen molar-refractivity contribution >= 4 is 17.3 Å². The number of hydrogen-bond donors (Lipinski definition) is 1. The first-order valence-electron chi connectivity index (χ1n) is 6.24.